The van der Waals surface area contributed by atoms with Crippen LogP contribution >= 0.6 is 0 Å². The van der Waals surface area contributed by atoms with Crippen molar-refractivity contribution in [2.45, 2.75) is 13.2 Å². The van der Waals surface area contributed by atoms with Crippen molar-refractivity contribution in [1.29, 1.82) is 0 Å². The first-order valence-electron chi connectivity index (χ1n) is 8.94. The van der Waals surface area contributed by atoms with Crippen molar-refractivity contribution in [1.82, 2.24) is 14.5 Å². The van der Waals surface area contributed by atoms with Crippen LogP contribution in [0.1, 0.15) is 5.56 Å². The number of hydrogen-bond acceptors (Lipinski definition) is 5. The highest BCUT2D eigenvalue weighted by Crippen LogP contribution is 2.20. The number of rotatable bonds is 5. The summed E-state index contributed by atoms with van der Waals surface area (Å²) in [6.07, 6.45) is 1.36. The average Bonchev–Trinajstić information content (AvgIpc) is 2.70. The number of amides is 1. The van der Waals surface area contributed by atoms with E-state index in [2.05, 4.69) is 15.3 Å². The van der Waals surface area contributed by atoms with Gasteiger partial charge in [-0.1, -0.05) is 18.2 Å². The van der Waals surface area contributed by atoms with E-state index in [1.165, 1.54) is 17.0 Å². The van der Waals surface area contributed by atoms with Crippen molar-refractivity contribution in [2.75, 3.05) is 12.4 Å². The summed E-state index contributed by atoms with van der Waals surface area (Å²) in [6.45, 7) is 0.138. The Labute approximate surface area is 164 Å². The second-order valence-corrected chi connectivity index (χ2v) is 6.60. The lowest BCUT2D eigenvalue weighted by atomic mass is 10.1. The Hall–Kier alpha value is -3.78. The molecule has 0 spiro atoms. The molecule has 0 fully saturated rings. The van der Waals surface area contributed by atoms with Crippen molar-refractivity contribution in [3.05, 3.63) is 81.1 Å². The number of nitrogens with zero attached hydrogens (tertiary/aromatic N) is 2. The predicted molar refractivity (Wildman–Crippen MR) is 110 cm³/mol. The summed E-state index contributed by atoms with van der Waals surface area (Å²) < 4.78 is 6.39. The molecule has 2 N–H and O–H groups in total. The normalized spacial score (nSPS) is 11.1. The van der Waals surface area contributed by atoms with Gasteiger partial charge in [-0.3, -0.25) is 19.0 Å². The molecule has 0 aliphatic carbocycles. The number of nitrogens with one attached hydrogen (secondary N) is 2. The van der Waals surface area contributed by atoms with Crippen molar-refractivity contribution in [2.24, 2.45) is 0 Å². The summed E-state index contributed by atoms with van der Waals surface area (Å²) in [5, 5.41) is 4.04. The second-order valence-electron chi connectivity index (χ2n) is 6.60. The number of anilines is 1. The number of aromatic amines is 1. The number of fused-ring (bicyclic) bond motifs is 2. The highest BCUT2D eigenvalue weighted by atomic mass is 16.5. The monoisotopic (exact) mass is 390 g/mol. The fourth-order valence-electron chi connectivity index (χ4n) is 3.26. The van der Waals surface area contributed by atoms with Crippen LogP contribution in [0.15, 0.2) is 64.4 Å². The van der Waals surface area contributed by atoms with E-state index in [9.17, 15) is 14.4 Å². The zero-order valence-corrected chi connectivity index (χ0v) is 15.6. The maximum absolute atomic E-state index is 12.5. The van der Waals surface area contributed by atoms with E-state index in [0.29, 0.717) is 28.7 Å². The van der Waals surface area contributed by atoms with Crippen LogP contribution in [0.3, 0.4) is 0 Å². The number of hydrogen-bond donors (Lipinski definition) is 2. The van der Waals surface area contributed by atoms with Gasteiger partial charge in [0.05, 0.1) is 29.4 Å². The van der Waals surface area contributed by atoms with Crippen molar-refractivity contribution >= 4 is 33.4 Å². The van der Waals surface area contributed by atoms with Gasteiger partial charge in [-0.2, -0.15) is 0 Å². The van der Waals surface area contributed by atoms with E-state index in [0.717, 1.165) is 10.9 Å². The Morgan fingerprint density at radius 1 is 1.14 bits per heavy atom. The minimum Gasteiger partial charge on any atom is -0.380 e. The molecule has 0 unspecified atom stereocenters. The molecule has 8 heteroatoms. The van der Waals surface area contributed by atoms with Gasteiger partial charge in [-0.25, -0.2) is 4.98 Å². The van der Waals surface area contributed by atoms with Crippen molar-refractivity contribution < 1.29 is 9.53 Å². The summed E-state index contributed by atoms with van der Waals surface area (Å²) >= 11 is 0. The standard InChI is InChI=1S/C21H18N4O4/c1-29-11-13-8-19(26)24-18-9-14(6-7-15(13)18)23-20(27)10-25-12-22-17-5-3-2-4-16(17)21(25)28/h2-9,12H,10-11H2,1H3,(H,23,27)(H,24,26). The number of ether oxygens (including phenoxy) is 1. The highest BCUT2D eigenvalue weighted by molar-refractivity contribution is 5.94. The molecule has 2 aromatic carbocycles. The first kappa shape index (κ1) is 18.6. The van der Waals surface area contributed by atoms with Crippen molar-refractivity contribution in [3.63, 3.8) is 0 Å². The SMILES string of the molecule is COCc1cc(=O)[nH]c2cc(NC(=O)Cn3cnc4ccccc4c3=O)ccc12. The summed E-state index contributed by atoms with van der Waals surface area (Å²) in [7, 11) is 1.56. The number of pyridine rings is 1. The Kier molecular flexibility index (Phi) is 4.92. The van der Waals surface area contributed by atoms with Gasteiger partial charge in [-0.15, -0.1) is 0 Å². The van der Waals surface area contributed by atoms with Crippen molar-refractivity contribution in [3.8, 4) is 0 Å². The third kappa shape index (κ3) is 3.78. The first-order chi connectivity index (χ1) is 14.0. The molecule has 29 heavy (non-hydrogen) atoms. The Balaban J connectivity index is 1.58. The van der Waals surface area contributed by atoms with Gasteiger partial charge in [0.15, 0.2) is 0 Å². The largest absolute Gasteiger partial charge is 0.380 e. The topological polar surface area (TPSA) is 106 Å². The van der Waals surface area contributed by atoms with E-state index in [1.54, 1.807) is 49.6 Å². The Morgan fingerprint density at radius 2 is 1.97 bits per heavy atom. The quantitative estimate of drug-likeness (QED) is 0.542. The van der Waals surface area contributed by atoms with Crippen LogP contribution in [0.5, 0.6) is 0 Å². The van der Waals surface area contributed by atoms with Crippen LogP contribution < -0.4 is 16.4 Å². The van der Waals surface area contributed by atoms with E-state index >= 15 is 0 Å². The van der Waals surface area contributed by atoms with Crippen LogP contribution in [0, 0.1) is 0 Å². The molecule has 0 bridgehead atoms. The van der Waals surface area contributed by atoms with Gasteiger partial charge in [0.25, 0.3) is 5.56 Å². The maximum Gasteiger partial charge on any atom is 0.261 e. The fraction of sp³-hybridized carbons (Fsp3) is 0.143. The molecule has 2 heterocycles. The van der Waals surface area contributed by atoms with Crippen LogP contribution in [0.2, 0.25) is 0 Å². The number of carbonyl (C=O) groups excluding carboxylic acids is 1. The van der Waals surface area contributed by atoms with Gasteiger partial charge in [0, 0.05) is 24.2 Å². The predicted octanol–water partition coefficient (Wildman–Crippen LogP) is 2.02. The lowest BCUT2D eigenvalue weighted by Crippen LogP contribution is -2.27. The molecule has 8 nitrogen and oxygen atoms in total. The molecule has 0 radical (unpaired) electrons. The van der Waals surface area contributed by atoms with Gasteiger partial charge in [-0.05, 0) is 29.8 Å². The summed E-state index contributed by atoms with van der Waals surface area (Å²) in [5.74, 6) is -0.376. The van der Waals surface area contributed by atoms with Gasteiger partial charge >= 0.3 is 0 Å². The zero-order chi connectivity index (χ0) is 20.4. The van der Waals surface area contributed by atoms with Gasteiger partial charge in [0.2, 0.25) is 11.5 Å². The lowest BCUT2D eigenvalue weighted by Gasteiger charge is -2.10. The van der Waals surface area contributed by atoms with Gasteiger partial charge in [0.1, 0.15) is 6.54 Å². The number of methoxy groups -OCH3 is 1. The number of benzene rings is 2. The molecule has 1 amide bonds. The Bertz CT molecular complexity index is 1340. The van der Waals surface area contributed by atoms with E-state index in [1.807, 2.05) is 0 Å². The lowest BCUT2D eigenvalue weighted by molar-refractivity contribution is -0.116. The molecule has 2 aromatic heterocycles. The third-order valence-electron chi connectivity index (χ3n) is 4.56. The second kappa shape index (κ2) is 7.69. The maximum atomic E-state index is 12.5. The molecular weight excluding hydrogens is 372 g/mol. The minimum atomic E-state index is -0.376. The van der Waals surface area contributed by atoms with E-state index in [4.69, 9.17) is 4.74 Å². The number of para-hydroxylation sites is 1. The molecule has 0 aliphatic rings. The van der Waals surface area contributed by atoms with Crippen LogP contribution in [-0.2, 0) is 22.7 Å². The molecular formula is C21H18N4O4. The highest BCUT2D eigenvalue weighted by Gasteiger charge is 2.10. The molecule has 4 rings (SSSR count). The Morgan fingerprint density at radius 3 is 2.79 bits per heavy atom. The molecule has 146 valence electrons. The minimum absolute atomic E-state index is 0.172. The number of aromatic nitrogens is 3. The molecule has 0 saturated carbocycles. The summed E-state index contributed by atoms with van der Waals surface area (Å²) in [5.41, 5.74) is 1.92. The average molecular weight is 390 g/mol. The molecule has 4 aromatic rings. The van der Waals surface area contributed by atoms with Gasteiger partial charge < -0.3 is 15.0 Å². The van der Waals surface area contributed by atoms with E-state index < -0.39 is 0 Å². The summed E-state index contributed by atoms with van der Waals surface area (Å²) in [6, 6.07) is 13.7. The summed E-state index contributed by atoms with van der Waals surface area (Å²) in [4.78, 5) is 43.8. The van der Waals surface area contributed by atoms with E-state index in [-0.39, 0.29) is 23.6 Å². The third-order valence-corrected chi connectivity index (χ3v) is 4.56. The van der Waals surface area contributed by atoms with Crippen LogP contribution in [-0.4, -0.2) is 27.6 Å². The molecule has 0 aliphatic heterocycles. The fourth-order valence-corrected chi connectivity index (χ4v) is 3.26. The number of H-pyrrole nitrogens is 1. The van der Waals surface area contributed by atoms with Crippen LogP contribution in [0.4, 0.5) is 5.69 Å². The number of carbonyl (C=O) groups is 1. The molecule has 0 saturated heterocycles. The first-order valence-corrected chi connectivity index (χ1v) is 8.94. The van der Waals surface area contributed by atoms with Crippen LogP contribution in [0.25, 0.3) is 21.8 Å². The molecule has 0 atom stereocenters. The zero-order valence-electron chi connectivity index (χ0n) is 15.6. The smallest absolute Gasteiger partial charge is 0.261 e.